The van der Waals surface area contributed by atoms with E-state index in [2.05, 4.69) is 24.1 Å². The zero-order chi connectivity index (χ0) is 14.7. The Morgan fingerprint density at radius 1 is 0.810 bits per heavy atom. The molecule has 2 atom stereocenters. The van der Waals surface area contributed by atoms with Crippen molar-refractivity contribution >= 4 is 0 Å². The van der Waals surface area contributed by atoms with Gasteiger partial charge in [0.15, 0.2) is 0 Å². The van der Waals surface area contributed by atoms with E-state index in [0.717, 1.165) is 23.9 Å². The van der Waals surface area contributed by atoms with E-state index >= 15 is 0 Å². The van der Waals surface area contributed by atoms with Gasteiger partial charge in [-0.15, -0.1) is 0 Å². The molecule has 2 aliphatic carbocycles. The van der Waals surface area contributed by atoms with Crippen LogP contribution >= 0.6 is 0 Å². The molecule has 3 rings (SSSR count). The smallest absolute Gasteiger partial charge is 0.0252 e. The monoisotopic (exact) mass is 292 g/mol. The third kappa shape index (κ3) is 3.82. The van der Waals surface area contributed by atoms with Crippen LogP contribution in [0.5, 0.6) is 0 Å². The number of rotatable bonds is 3. The molecule has 0 radical (unpaired) electrons. The number of hydrogen-bond donors (Lipinski definition) is 1. The Balaban J connectivity index is 1.62. The van der Waals surface area contributed by atoms with Gasteiger partial charge in [0.25, 0.3) is 0 Å². The first kappa shape index (κ1) is 15.8. The van der Waals surface area contributed by atoms with Gasteiger partial charge in [0.2, 0.25) is 0 Å². The van der Waals surface area contributed by atoms with Crippen LogP contribution in [0.1, 0.15) is 78.1 Å². The molecule has 1 heterocycles. The van der Waals surface area contributed by atoms with Gasteiger partial charge in [-0.05, 0) is 51.4 Å². The Hall–Kier alpha value is -0.0800. The van der Waals surface area contributed by atoms with Crippen molar-refractivity contribution in [2.75, 3.05) is 13.1 Å². The van der Waals surface area contributed by atoms with Gasteiger partial charge in [0.1, 0.15) is 0 Å². The second-order valence-electron chi connectivity index (χ2n) is 8.17. The average molecular weight is 293 g/mol. The Morgan fingerprint density at radius 2 is 1.38 bits per heavy atom. The van der Waals surface area contributed by atoms with Crippen LogP contribution < -0.4 is 5.32 Å². The van der Waals surface area contributed by atoms with Crippen LogP contribution in [0.15, 0.2) is 0 Å². The summed E-state index contributed by atoms with van der Waals surface area (Å²) < 4.78 is 0. The highest BCUT2D eigenvalue weighted by Gasteiger charge is 2.37. The molecule has 0 amide bonds. The summed E-state index contributed by atoms with van der Waals surface area (Å²) in [4.78, 5) is 2.87. The molecule has 3 aliphatic rings. The first-order valence-electron chi connectivity index (χ1n) is 9.75. The van der Waals surface area contributed by atoms with Gasteiger partial charge in [0, 0.05) is 31.2 Å². The van der Waals surface area contributed by atoms with Crippen LogP contribution in [-0.4, -0.2) is 36.1 Å². The minimum Gasteiger partial charge on any atom is -0.311 e. The fourth-order valence-electron chi connectivity index (χ4n) is 5.22. The fraction of sp³-hybridized carbons (Fsp3) is 1.00. The van der Waals surface area contributed by atoms with Crippen LogP contribution in [0.3, 0.4) is 0 Å². The maximum atomic E-state index is 3.98. The molecule has 0 spiro atoms. The third-order valence-electron chi connectivity index (χ3n) is 6.50. The number of nitrogens with one attached hydrogen (secondary N) is 1. The highest BCUT2D eigenvalue weighted by atomic mass is 15.3. The molecule has 21 heavy (non-hydrogen) atoms. The second-order valence-corrected chi connectivity index (χ2v) is 8.17. The Labute approximate surface area is 132 Å². The van der Waals surface area contributed by atoms with Crippen molar-refractivity contribution in [3.63, 3.8) is 0 Å². The largest absolute Gasteiger partial charge is 0.311 e. The van der Waals surface area contributed by atoms with Gasteiger partial charge < -0.3 is 5.32 Å². The number of nitrogens with zero attached hydrogens (tertiary/aromatic N) is 1. The van der Waals surface area contributed by atoms with E-state index in [1.165, 1.54) is 77.3 Å². The number of hydrogen-bond acceptors (Lipinski definition) is 2. The van der Waals surface area contributed by atoms with E-state index in [1.807, 2.05) is 0 Å². The van der Waals surface area contributed by atoms with Crippen LogP contribution in [0.4, 0.5) is 0 Å². The quantitative estimate of drug-likeness (QED) is 0.839. The molecular weight excluding hydrogens is 256 g/mol. The van der Waals surface area contributed by atoms with Crippen LogP contribution in [0, 0.1) is 11.8 Å². The minimum absolute atomic E-state index is 0.713. The van der Waals surface area contributed by atoms with Gasteiger partial charge >= 0.3 is 0 Å². The number of piperazine rings is 1. The van der Waals surface area contributed by atoms with E-state index in [1.54, 1.807) is 0 Å². The first-order valence-corrected chi connectivity index (χ1v) is 9.75. The Kier molecular flexibility index (Phi) is 5.61. The molecule has 0 aromatic heterocycles. The lowest BCUT2D eigenvalue weighted by molar-refractivity contribution is 0.0298. The molecule has 122 valence electrons. The van der Waals surface area contributed by atoms with E-state index < -0.39 is 0 Å². The molecule has 2 unspecified atom stereocenters. The summed E-state index contributed by atoms with van der Waals surface area (Å²) in [5.74, 6) is 1.91. The first-order chi connectivity index (χ1) is 10.3. The van der Waals surface area contributed by atoms with Gasteiger partial charge in [-0.3, -0.25) is 4.90 Å². The van der Waals surface area contributed by atoms with Crippen LogP contribution in [0.25, 0.3) is 0 Å². The molecular formula is C19H36N2. The third-order valence-corrected chi connectivity index (χ3v) is 6.50. The summed E-state index contributed by atoms with van der Waals surface area (Å²) in [7, 11) is 0. The molecule has 1 N–H and O–H groups in total. The molecule has 2 nitrogen and oxygen atoms in total. The zero-order valence-electron chi connectivity index (χ0n) is 14.3. The van der Waals surface area contributed by atoms with Gasteiger partial charge in [-0.25, -0.2) is 0 Å². The van der Waals surface area contributed by atoms with E-state index in [-0.39, 0.29) is 0 Å². The highest BCUT2D eigenvalue weighted by Crippen LogP contribution is 2.34. The van der Waals surface area contributed by atoms with Gasteiger partial charge in [0.05, 0.1) is 0 Å². The summed E-state index contributed by atoms with van der Waals surface area (Å²) in [6.07, 6.45) is 14.7. The summed E-state index contributed by atoms with van der Waals surface area (Å²) >= 11 is 0. The second kappa shape index (κ2) is 7.46. The normalized spacial score (nSPS) is 34.4. The maximum Gasteiger partial charge on any atom is 0.0252 e. The van der Waals surface area contributed by atoms with E-state index in [9.17, 15) is 0 Å². The molecule has 1 saturated heterocycles. The molecule has 3 fully saturated rings. The summed E-state index contributed by atoms with van der Waals surface area (Å²) in [5.41, 5.74) is 0. The Bertz CT molecular complexity index is 303. The topological polar surface area (TPSA) is 15.3 Å². The van der Waals surface area contributed by atoms with Crippen molar-refractivity contribution < 1.29 is 0 Å². The van der Waals surface area contributed by atoms with Crippen molar-refractivity contribution in [2.45, 2.75) is 96.2 Å². The van der Waals surface area contributed by atoms with Crippen LogP contribution in [-0.2, 0) is 0 Å². The van der Waals surface area contributed by atoms with E-state index in [4.69, 9.17) is 0 Å². The predicted molar refractivity (Wildman–Crippen MR) is 90.6 cm³/mol. The lowest BCUT2D eigenvalue weighted by Gasteiger charge is -2.49. The highest BCUT2D eigenvalue weighted by molar-refractivity contribution is 4.94. The lowest BCUT2D eigenvalue weighted by atomic mass is 9.79. The standard InChI is InChI=1S/C19H36N2/c1-15(2)21-14-18(16-9-5-3-6-10-16)20-13-19(21)17-11-7-4-8-12-17/h15-20H,3-14H2,1-2H3. The van der Waals surface area contributed by atoms with Gasteiger partial charge in [-0.1, -0.05) is 38.5 Å². The molecule has 2 saturated carbocycles. The van der Waals surface area contributed by atoms with Crippen molar-refractivity contribution in [2.24, 2.45) is 11.8 Å². The average Bonchev–Trinajstić information content (AvgIpc) is 2.56. The molecule has 0 bridgehead atoms. The van der Waals surface area contributed by atoms with Gasteiger partial charge in [-0.2, -0.15) is 0 Å². The molecule has 0 aromatic carbocycles. The minimum atomic E-state index is 0.713. The summed E-state index contributed by atoms with van der Waals surface area (Å²) in [6.45, 7) is 7.39. The molecule has 0 aromatic rings. The van der Waals surface area contributed by atoms with Crippen molar-refractivity contribution in [1.29, 1.82) is 0 Å². The molecule has 1 aliphatic heterocycles. The lowest BCUT2D eigenvalue weighted by Crippen LogP contribution is -2.62. The van der Waals surface area contributed by atoms with Crippen molar-refractivity contribution in [1.82, 2.24) is 10.2 Å². The predicted octanol–water partition coefficient (Wildman–Crippen LogP) is 4.20. The maximum absolute atomic E-state index is 3.98. The van der Waals surface area contributed by atoms with Crippen molar-refractivity contribution in [3.8, 4) is 0 Å². The Morgan fingerprint density at radius 3 is 1.95 bits per heavy atom. The summed E-state index contributed by atoms with van der Waals surface area (Å²) in [6, 6.07) is 2.29. The molecule has 2 heteroatoms. The van der Waals surface area contributed by atoms with Crippen LogP contribution in [0.2, 0.25) is 0 Å². The zero-order valence-corrected chi connectivity index (χ0v) is 14.3. The SMILES string of the molecule is CC(C)N1CC(C2CCCCC2)NCC1C1CCCCC1. The fourth-order valence-corrected chi connectivity index (χ4v) is 5.22. The van der Waals surface area contributed by atoms with E-state index in [0.29, 0.717) is 6.04 Å². The summed E-state index contributed by atoms with van der Waals surface area (Å²) in [5, 5.41) is 3.98. The van der Waals surface area contributed by atoms with Crippen molar-refractivity contribution in [3.05, 3.63) is 0 Å².